The Kier molecular flexibility index (Phi) is 6.86. The lowest BCUT2D eigenvalue weighted by atomic mass is 9.75. The maximum Gasteiger partial charge on any atom is 0.119 e. The van der Waals surface area contributed by atoms with Crippen molar-refractivity contribution in [2.75, 3.05) is 13.2 Å². The summed E-state index contributed by atoms with van der Waals surface area (Å²) in [6.07, 6.45) is 6.94. The first kappa shape index (κ1) is 21.7. The van der Waals surface area contributed by atoms with Gasteiger partial charge in [-0.05, 0) is 79.0 Å². The van der Waals surface area contributed by atoms with E-state index in [9.17, 15) is 0 Å². The van der Waals surface area contributed by atoms with Crippen molar-refractivity contribution >= 4 is 23.4 Å². The van der Waals surface area contributed by atoms with Gasteiger partial charge in [0.2, 0.25) is 0 Å². The van der Waals surface area contributed by atoms with Gasteiger partial charge in [0.15, 0.2) is 0 Å². The third-order valence-electron chi connectivity index (χ3n) is 6.04. The van der Waals surface area contributed by atoms with Crippen molar-refractivity contribution in [1.29, 1.82) is 0 Å². The van der Waals surface area contributed by atoms with E-state index in [1.54, 1.807) is 6.33 Å². The number of imidazole rings is 1. The van der Waals surface area contributed by atoms with Gasteiger partial charge in [-0.15, -0.1) is 12.4 Å². The van der Waals surface area contributed by atoms with Crippen LogP contribution in [0.25, 0.3) is 22.2 Å². The van der Waals surface area contributed by atoms with E-state index in [0.29, 0.717) is 18.1 Å². The molecule has 1 aliphatic carbocycles. The molecular formula is C24H32ClN3O. The maximum absolute atomic E-state index is 5.93. The Morgan fingerprint density at radius 1 is 1.10 bits per heavy atom. The van der Waals surface area contributed by atoms with Gasteiger partial charge in [-0.3, -0.25) is 0 Å². The first-order valence-electron chi connectivity index (χ1n) is 10.4. The molecule has 4 nitrogen and oxygen atoms in total. The third-order valence-corrected chi connectivity index (χ3v) is 6.04. The van der Waals surface area contributed by atoms with Crippen LogP contribution in [0.3, 0.4) is 0 Å². The van der Waals surface area contributed by atoms with E-state index in [2.05, 4.69) is 72.5 Å². The van der Waals surface area contributed by atoms with Crippen LogP contribution in [0.15, 0.2) is 42.7 Å². The zero-order valence-corrected chi connectivity index (χ0v) is 18.4. The van der Waals surface area contributed by atoms with E-state index in [1.165, 1.54) is 42.4 Å². The number of rotatable bonds is 6. The van der Waals surface area contributed by atoms with Gasteiger partial charge in [0.05, 0.1) is 17.4 Å². The fourth-order valence-electron chi connectivity index (χ4n) is 4.17. The molecule has 0 amide bonds. The number of aromatic nitrogens is 2. The van der Waals surface area contributed by atoms with Crippen LogP contribution < -0.4 is 10.1 Å². The Bertz CT molecular complexity index is 923. The molecule has 0 unspecified atom stereocenters. The minimum atomic E-state index is 0. The van der Waals surface area contributed by atoms with Crippen LogP contribution in [0.1, 0.15) is 45.1 Å². The summed E-state index contributed by atoms with van der Waals surface area (Å²) < 4.78 is 5.93. The summed E-state index contributed by atoms with van der Waals surface area (Å²) in [4.78, 5) is 7.57. The maximum atomic E-state index is 5.93. The third kappa shape index (κ3) is 5.31. The highest BCUT2D eigenvalue weighted by molar-refractivity contribution is 5.85. The highest BCUT2D eigenvalue weighted by Gasteiger charge is 2.26. The van der Waals surface area contributed by atoms with Crippen molar-refractivity contribution in [2.24, 2.45) is 5.41 Å². The number of aryl methyl sites for hydroxylation is 1. The number of benzene rings is 2. The molecule has 1 heterocycles. The van der Waals surface area contributed by atoms with Gasteiger partial charge in [0, 0.05) is 12.6 Å². The summed E-state index contributed by atoms with van der Waals surface area (Å²) in [5.41, 5.74) is 6.21. The number of aromatic amines is 1. The monoisotopic (exact) mass is 413 g/mol. The molecule has 2 aromatic carbocycles. The molecule has 2 N–H and O–H groups in total. The summed E-state index contributed by atoms with van der Waals surface area (Å²) in [6, 6.07) is 13.4. The zero-order valence-electron chi connectivity index (χ0n) is 17.6. The topological polar surface area (TPSA) is 49.9 Å². The summed E-state index contributed by atoms with van der Waals surface area (Å²) >= 11 is 0. The Morgan fingerprint density at radius 2 is 1.83 bits per heavy atom. The fraction of sp³-hybridized carbons (Fsp3) is 0.458. The largest absolute Gasteiger partial charge is 0.492 e. The van der Waals surface area contributed by atoms with E-state index in [4.69, 9.17) is 4.74 Å². The van der Waals surface area contributed by atoms with Gasteiger partial charge in [0.1, 0.15) is 12.4 Å². The van der Waals surface area contributed by atoms with Gasteiger partial charge in [-0.25, -0.2) is 4.98 Å². The number of nitrogens with zero attached hydrogens (tertiary/aromatic N) is 1. The fourth-order valence-corrected chi connectivity index (χ4v) is 4.17. The van der Waals surface area contributed by atoms with Gasteiger partial charge >= 0.3 is 0 Å². The zero-order chi connectivity index (χ0) is 19.6. The molecule has 0 aliphatic heterocycles. The Labute approximate surface area is 179 Å². The van der Waals surface area contributed by atoms with E-state index in [-0.39, 0.29) is 12.4 Å². The molecule has 0 bridgehead atoms. The average Bonchev–Trinajstić information content (AvgIpc) is 3.16. The second-order valence-electron chi connectivity index (χ2n) is 8.86. The molecule has 3 aromatic rings. The van der Waals surface area contributed by atoms with Gasteiger partial charge in [0.25, 0.3) is 0 Å². The minimum absolute atomic E-state index is 0. The van der Waals surface area contributed by atoms with Gasteiger partial charge in [-0.2, -0.15) is 0 Å². The first-order chi connectivity index (χ1) is 13.5. The lowest BCUT2D eigenvalue weighted by molar-refractivity contribution is 0.200. The van der Waals surface area contributed by atoms with E-state index < -0.39 is 0 Å². The molecule has 5 heteroatoms. The SMILES string of the molecule is Cc1cc(-c2ccc(OCCNC3CCC(C)(C)CC3)cc2)cc2[nH]cnc12.Cl. The van der Waals surface area contributed by atoms with Crippen molar-refractivity contribution in [3.63, 3.8) is 0 Å². The molecule has 0 radical (unpaired) electrons. The molecule has 29 heavy (non-hydrogen) atoms. The lowest BCUT2D eigenvalue weighted by Gasteiger charge is -2.34. The molecule has 1 fully saturated rings. The van der Waals surface area contributed by atoms with Crippen LogP contribution in [0.4, 0.5) is 0 Å². The highest BCUT2D eigenvalue weighted by Crippen LogP contribution is 2.35. The highest BCUT2D eigenvalue weighted by atomic mass is 35.5. The molecule has 0 saturated heterocycles. The Hall–Kier alpha value is -2.04. The van der Waals surface area contributed by atoms with Crippen molar-refractivity contribution in [1.82, 2.24) is 15.3 Å². The predicted molar refractivity (Wildman–Crippen MR) is 123 cm³/mol. The number of nitrogens with one attached hydrogen (secondary N) is 2. The number of halogens is 1. The van der Waals surface area contributed by atoms with Crippen molar-refractivity contribution < 1.29 is 4.74 Å². The standard InChI is InChI=1S/C24H31N3O.ClH/c1-17-14-19(15-22-23(17)27-16-26-22)18-4-6-21(7-5-18)28-13-12-25-20-8-10-24(2,3)11-9-20;/h4-7,14-16,20,25H,8-13H2,1-3H3,(H,26,27);1H. The second kappa shape index (κ2) is 9.19. The van der Waals surface area contributed by atoms with Crippen LogP contribution in [0.2, 0.25) is 0 Å². The van der Waals surface area contributed by atoms with Crippen molar-refractivity contribution in [2.45, 2.75) is 52.5 Å². The number of hydrogen-bond donors (Lipinski definition) is 2. The molecule has 1 aromatic heterocycles. The summed E-state index contributed by atoms with van der Waals surface area (Å²) in [6.45, 7) is 8.47. The molecule has 1 saturated carbocycles. The number of fused-ring (bicyclic) bond motifs is 1. The summed E-state index contributed by atoms with van der Waals surface area (Å²) in [7, 11) is 0. The van der Waals surface area contributed by atoms with Gasteiger partial charge < -0.3 is 15.0 Å². The molecular weight excluding hydrogens is 382 g/mol. The van der Waals surface area contributed by atoms with Crippen molar-refractivity contribution in [3.05, 3.63) is 48.3 Å². The Balaban J connectivity index is 0.00000240. The summed E-state index contributed by atoms with van der Waals surface area (Å²) in [5.74, 6) is 0.926. The van der Waals surface area contributed by atoms with Crippen LogP contribution in [0, 0.1) is 12.3 Å². The molecule has 1 aliphatic rings. The molecule has 156 valence electrons. The summed E-state index contributed by atoms with van der Waals surface area (Å²) in [5, 5.41) is 3.65. The normalized spacial score (nSPS) is 16.5. The van der Waals surface area contributed by atoms with Crippen LogP contribution >= 0.6 is 12.4 Å². The number of hydrogen-bond acceptors (Lipinski definition) is 3. The van der Waals surface area contributed by atoms with Crippen LogP contribution in [-0.4, -0.2) is 29.2 Å². The number of ether oxygens (including phenoxy) is 1. The second-order valence-corrected chi connectivity index (χ2v) is 8.86. The first-order valence-corrected chi connectivity index (χ1v) is 10.4. The Morgan fingerprint density at radius 3 is 2.55 bits per heavy atom. The lowest BCUT2D eigenvalue weighted by Crippen LogP contribution is -2.37. The minimum Gasteiger partial charge on any atom is -0.492 e. The average molecular weight is 414 g/mol. The van der Waals surface area contributed by atoms with Gasteiger partial charge in [-0.1, -0.05) is 26.0 Å². The van der Waals surface area contributed by atoms with E-state index in [0.717, 1.165) is 23.3 Å². The molecule has 0 atom stereocenters. The van der Waals surface area contributed by atoms with E-state index >= 15 is 0 Å². The number of H-pyrrole nitrogens is 1. The quantitative estimate of drug-likeness (QED) is 0.495. The smallest absolute Gasteiger partial charge is 0.119 e. The predicted octanol–water partition coefficient (Wildman–Crippen LogP) is 5.90. The van der Waals surface area contributed by atoms with Crippen LogP contribution in [0.5, 0.6) is 5.75 Å². The van der Waals surface area contributed by atoms with E-state index in [1.807, 2.05) is 0 Å². The molecule has 4 rings (SSSR count). The van der Waals surface area contributed by atoms with Crippen molar-refractivity contribution in [3.8, 4) is 16.9 Å². The van der Waals surface area contributed by atoms with Crippen LogP contribution in [-0.2, 0) is 0 Å². The molecule has 0 spiro atoms.